The number of hydrogen-bond acceptors (Lipinski definition) is 1. The summed E-state index contributed by atoms with van der Waals surface area (Å²) < 4.78 is 0. The summed E-state index contributed by atoms with van der Waals surface area (Å²) in [7, 11) is 0. The molecule has 2 rings (SSSR count). The molecule has 0 saturated heterocycles. The number of para-hydroxylation sites is 1. The van der Waals surface area contributed by atoms with E-state index in [1.165, 1.54) is 5.39 Å². The van der Waals surface area contributed by atoms with Crippen LogP contribution in [-0.2, 0) is 0 Å². The van der Waals surface area contributed by atoms with Gasteiger partial charge in [0.15, 0.2) is 0 Å². The van der Waals surface area contributed by atoms with Crippen molar-refractivity contribution in [3.63, 3.8) is 0 Å². The van der Waals surface area contributed by atoms with Crippen molar-refractivity contribution in [3.8, 4) is 0 Å². The Morgan fingerprint density at radius 1 is 1.21 bits per heavy atom. The van der Waals surface area contributed by atoms with Gasteiger partial charge in [0.1, 0.15) is 0 Å². The van der Waals surface area contributed by atoms with E-state index in [2.05, 4.69) is 30.3 Å². The lowest BCUT2D eigenvalue weighted by Gasteiger charge is -1.93. The number of benzene rings is 1. The number of fused-ring (bicyclic) bond motifs is 1. The van der Waals surface area contributed by atoms with Crippen molar-refractivity contribution in [2.75, 3.05) is 0 Å². The van der Waals surface area contributed by atoms with E-state index in [0.717, 1.165) is 16.1 Å². The number of aromatic amines is 1. The van der Waals surface area contributed by atoms with Crippen LogP contribution in [0.4, 0.5) is 0 Å². The van der Waals surface area contributed by atoms with Gasteiger partial charge >= 0.3 is 0 Å². The van der Waals surface area contributed by atoms with Crippen molar-refractivity contribution in [1.29, 1.82) is 0 Å². The van der Waals surface area contributed by atoms with Crippen LogP contribution in [0.1, 0.15) is 5.56 Å². The fourth-order valence-corrected chi connectivity index (χ4v) is 2.17. The second-order valence-corrected chi connectivity index (χ2v) is 3.88. The zero-order chi connectivity index (χ0) is 9.97. The van der Waals surface area contributed by atoms with E-state index in [4.69, 9.17) is 0 Å². The zero-order valence-electron chi connectivity index (χ0n) is 7.79. The Bertz CT molecular complexity index is 482. The predicted molar refractivity (Wildman–Crippen MR) is 64.4 cm³/mol. The third-order valence-electron chi connectivity index (χ3n) is 2.12. The van der Waals surface area contributed by atoms with Crippen molar-refractivity contribution in [2.45, 2.75) is 5.03 Å². The predicted octanol–water partition coefficient (Wildman–Crippen LogP) is 4.05. The minimum Gasteiger partial charge on any atom is -0.349 e. The topological polar surface area (TPSA) is 15.8 Å². The smallest absolute Gasteiger partial charge is 0.0848 e. The normalized spacial score (nSPS) is 10.3. The van der Waals surface area contributed by atoms with Crippen LogP contribution in [0.2, 0.25) is 0 Å². The van der Waals surface area contributed by atoms with Gasteiger partial charge < -0.3 is 4.98 Å². The minimum absolute atomic E-state index is 1.11. The number of thioether (sulfide) groups is 1. The van der Waals surface area contributed by atoms with Gasteiger partial charge in [-0.05, 0) is 11.5 Å². The number of nitrogens with one attached hydrogen (secondary N) is 1. The van der Waals surface area contributed by atoms with Crippen LogP contribution in [0.3, 0.4) is 0 Å². The molecule has 0 spiro atoms. The van der Waals surface area contributed by atoms with Gasteiger partial charge in [-0.1, -0.05) is 49.2 Å². The monoisotopic (exact) mass is 201 g/mol. The molecule has 0 bridgehead atoms. The van der Waals surface area contributed by atoms with E-state index in [9.17, 15) is 0 Å². The summed E-state index contributed by atoms with van der Waals surface area (Å²) in [6, 6.07) is 8.21. The minimum atomic E-state index is 1.11. The molecule has 0 aliphatic carbocycles. The number of H-pyrrole nitrogens is 1. The second kappa shape index (κ2) is 3.76. The molecule has 2 heteroatoms. The fraction of sp³-hybridized carbons (Fsp3) is 0. The van der Waals surface area contributed by atoms with Gasteiger partial charge in [0.05, 0.1) is 5.03 Å². The highest BCUT2D eigenvalue weighted by Gasteiger charge is 2.06. The highest BCUT2D eigenvalue weighted by molar-refractivity contribution is 8.02. The summed E-state index contributed by atoms with van der Waals surface area (Å²) in [5.41, 5.74) is 2.30. The van der Waals surface area contributed by atoms with E-state index >= 15 is 0 Å². The largest absolute Gasteiger partial charge is 0.349 e. The van der Waals surface area contributed by atoms with E-state index < -0.39 is 0 Å². The summed E-state index contributed by atoms with van der Waals surface area (Å²) in [5.74, 6) is 0. The average Bonchev–Trinajstić information content (AvgIpc) is 2.55. The Morgan fingerprint density at radius 3 is 2.71 bits per heavy atom. The van der Waals surface area contributed by atoms with Gasteiger partial charge in [-0.3, -0.25) is 0 Å². The molecule has 0 fully saturated rings. The fourth-order valence-electron chi connectivity index (χ4n) is 1.52. The zero-order valence-corrected chi connectivity index (χ0v) is 8.60. The molecule has 0 unspecified atom stereocenters. The SMILES string of the molecule is C=CSc1[nH]c2ccccc2c1C=C. The first kappa shape index (κ1) is 9.16. The summed E-state index contributed by atoms with van der Waals surface area (Å²) in [5, 5.41) is 4.14. The first-order valence-corrected chi connectivity index (χ1v) is 5.25. The van der Waals surface area contributed by atoms with E-state index in [1.807, 2.05) is 23.6 Å². The van der Waals surface area contributed by atoms with Gasteiger partial charge in [-0.2, -0.15) is 0 Å². The molecule has 70 valence electrons. The Labute approximate surface area is 87.5 Å². The third kappa shape index (κ3) is 1.38. The first-order valence-electron chi connectivity index (χ1n) is 4.37. The highest BCUT2D eigenvalue weighted by atomic mass is 32.2. The Balaban J connectivity index is 2.71. The summed E-state index contributed by atoms with van der Waals surface area (Å²) >= 11 is 1.59. The van der Waals surface area contributed by atoms with E-state index in [0.29, 0.717) is 0 Å². The Kier molecular flexibility index (Phi) is 2.46. The lowest BCUT2D eigenvalue weighted by molar-refractivity contribution is 1.23. The molecular formula is C12H11NS. The van der Waals surface area contributed by atoms with Crippen LogP contribution >= 0.6 is 11.8 Å². The molecule has 1 heterocycles. The molecule has 2 aromatic rings. The summed E-state index contributed by atoms with van der Waals surface area (Å²) in [4.78, 5) is 3.34. The van der Waals surface area contributed by atoms with Crippen molar-refractivity contribution < 1.29 is 0 Å². The van der Waals surface area contributed by atoms with Gasteiger partial charge in [0.2, 0.25) is 0 Å². The molecule has 1 aromatic carbocycles. The quantitative estimate of drug-likeness (QED) is 0.741. The summed E-state index contributed by atoms with van der Waals surface area (Å²) in [6.07, 6.45) is 1.88. The number of rotatable bonds is 3. The molecule has 0 amide bonds. The molecule has 0 saturated carbocycles. The van der Waals surface area contributed by atoms with Gasteiger partial charge in [-0.25, -0.2) is 0 Å². The first-order chi connectivity index (χ1) is 6.86. The Hall–Kier alpha value is -1.41. The highest BCUT2D eigenvalue weighted by Crippen LogP contribution is 2.30. The van der Waals surface area contributed by atoms with Crippen LogP contribution < -0.4 is 0 Å². The van der Waals surface area contributed by atoms with Crippen molar-refractivity contribution in [3.05, 3.63) is 48.4 Å². The lowest BCUT2D eigenvalue weighted by Crippen LogP contribution is -1.70. The van der Waals surface area contributed by atoms with Crippen LogP contribution in [0.25, 0.3) is 17.0 Å². The Morgan fingerprint density at radius 2 is 2.00 bits per heavy atom. The third-order valence-corrected chi connectivity index (χ3v) is 2.84. The molecule has 1 aromatic heterocycles. The van der Waals surface area contributed by atoms with Crippen molar-refractivity contribution >= 4 is 28.7 Å². The van der Waals surface area contributed by atoms with Crippen LogP contribution in [0.15, 0.2) is 47.9 Å². The molecule has 14 heavy (non-hydrogen) atoms. The number of aromatic nitrogens is 1. The van der Waals surface area contributed by atoms with Crippen LogP contribution in [-0.4, -0.2) is 4.98 Å². The molecule has 1 nitrogen and oxygen atoms in total. The van der Waals surface area contributed by atoms with Crippen molar-refractivity contribution in [2.24, 2.45) is 0 Å². The molecule has 0 aliphatic heterocycles. The number of hydrogen-bond donors (Lipinski definition) is 1. The van der Waals surface area contributed by atoms with Gasteiger partial charge in [0.25, 0.3) is 0 Å². The standard InChI is InChI=1S/C12H11NS/c1-3-9-10-7-5-6-8-11(10)13-12(9)14-4-2/h3-8,13H,1-2H2. The average molecular weight is 201 g/mol. The maximum atomic E-state index is 3.83. The van der Waals surface area contributed by atoms with Crippen LogP contribution in [0, 0.1) is 0 Å². The van der Waals surface area contributed by atoms with Gasteiger partial charge in [-0.15, -0.1) is 0 Å². The lowest BCUT2D eigenvalue weighted by atomic mass is 10.2. The maximum absolute atomic E-state index is 3.83. The molecule has 0 aliphatic rings. The molecule has 0 radical (unpaired) electrons. The van der Waals surface area contributed by atoms with Crippen molar-refractivity contribution in [1.82, 2.24) is 4.98 Å². The maximum Gasteiger partial charge on any atom is 0.0848 e. The second-order valence-electron chi connectivity index (χ2n) is 2.90. The molecule has 1 N–H and O–H groups in total. The van der Waals surface area contributed by atoms with Crippen LogP contribution in [0.5, 0.6) is 0 Å². The van der Waals surface area contributed by atoms with Gasteiger partial charge in [0, 0.05) is 16.5 Å². The summed E-state index contributed by atoms with van der Waals surface area (Å²) in [6.45, 7) is 7.54. The molecule has 0 atom stereocenters. The van der Waals surface area contributed by atoms with E-state index in [1.54, 1.807) is 11.8 Å². The molecular weight excluding hydrogens is 190 g/mol. The van der Waals surface area contributed by atoms with E-state index in [-0.39, 0.29) is 0 Å².